The third-order valence-corrected chi connectivity index (χ3v) is 6.53. The van der Waals surface area contributed by atoms with Crippen LogP contribution in [0.3, 0.4) is 0 Å². The number of ether oxygens (including phenoxy) is 3. The van der Waals surface area contributed by atoms with Gasteiger partial charge in [0.2, 0.25) is 0 Å². The third kappa shape index (κ3) is 4.46. The zero-order chi connectivity index (χ0) is 22.8. The molecule has 2 aromatic rings. The lowest BCUT2D eigenvalue weighted by Crippen LogP contribution is -2.55. The molecule has 0 spiro atoms. The van der Waals surface area contributed by atoms with Gasteiger partial charge in [0.05, 0.1) is 24.8 Å². The highest BCUT2D eigenvalue weighted by Crippen LogP contribution is 2.44. The Morgan fingerprint density at radius 3 is 2.53 bits per heavy atom. The lowest BCUT2D eigenvalue weighted by atomic mass is 9.87. The molecule has 4 rings (SSSR count). The minimum atomic E-state index is -1.46. The molecular weight excluding hydrogens is 436 g/mol. The van der Waals surface area contributed by atoms with Crippen molar-refractivity contribution >= 4 is 11.6 Å². The van der Waals surface area contributed by atoms with Crippen LogP contribution in [0.5, 0.6) is 11.5 Å². The first-order chi connectivity index (χ1) is 15.4. The van der Waals surface area contributed by atoms with E-state index in [-0.39, 0.29) is 0 Å². The van der Waals surface area contributed by atoms with E-state index in [1.54, 1.807) is 0 Å². The molecular formula is C24H29ClO7. The van der Waals surface area contributed by atoms with Crippen molar-refractivity contribution in [2.24, 2.45) is 0 Å². The molecule has 174 valence electrons. The number of hydrogen-bond acceptors (Lipinski definition) is 7. The molecule has 0 radical (unpaired) electrons. The molecule has 5 atom stereocenters. The van der Waals surface area contributed by atoms with Crippen LogP contribution in [0.15, 0.2) is 30.3 Å². The van der Waals surface area contributed by atoms with E-state index in [9.17, 15) is 20.4 Å². The fraction of sp³-hybridized carbons (Fsp3) is 0.500. The molecule has 4 N–H and O–H groups in total. The molecule has 2 aliphatic heterocycles. The van der Waals surface area contributed by atoms with Gasteiger partial charge in [-0.2, -0.15) is 0 Å². The zero-order valence-corrected chi connectivity index (χ0v) is 18.7. The van der Waals surface area contributed by atoms with E-state index in [2.05, 4.69) is 0 Å². The number of rotatable bonds is 6. The van der Waals surface area contributed by atoms with Crippen LogP contribution in [0.2, 0.25) is 5.02 Å². The van der Waals surface area contributed by atoms with Crippen molar-refractivity contribution in [1.82, 2.24) is 0 Å². The lowest BCUT2D eigenvalue weighted by molar-refractivity contribution is -0.232. The van der Waals surface area contributed by atoms with Crippen molar-refractivity contribution in [1.29, 1.82) is 0 Å². The van der Waals surface area contributed by atoms with Crippen molar-refractivity contribution in [2.75, 3.05) is 19.8 Å². The molecule has 1 saturated heterocycles. The highest BCUT2D eigenvalue weighted by atomic mass is 35.5. The Balaban J connectivity index is 1.72. The second kappa shape index (κ2) is 9.95. The molecule has 2 heterocycles. The van der Waals surface area contributed by atoms with Gasteiger partial charge in [0.1, 0.15) is 42.0 Å². The average Bonchev–Trinajstić information content (AvgIpc) is 2.81. The summed E-state index contributed by atoms with van der Waals surface area (Å²) in [5, 5.41) is 41.3. The van der Waals surface area contributed by atoms with E-state index in [0.717, 1.165) is 35.3 Å². The first kappa shape index (κ1) is 23.3. The third-order valence-electron chi connectivity index (χ3n) is 6.06. The Kier molecular flexibility index (Phi) is 7.24. The normalized spacial score (nSPS) is 27.5. The monoisotopic (exact) mass is 464 g/mol. The van der Waals surface area contributed by atoms with Crippen LogP contribution < -0.4 is 9.47 Å². The van der Waals surface area contributed by atoms with Gasteiger partial charge in [0, 0.05) is 11.1 Å². The highest BCUT2D eigenvalue weighted by molar-refractivity contribution is 6.32. The van der Waals surface area contributed by atoms with Crippen molar-refractivity contribution < 1.29 is 34.6 Å². The molecule has 7 nitrogen and oxygen atoms in total. The average molecular weight is 465 g/mol. The topological polar surface area (TPSA) is 109 Å². The van der Waals surface area contributed by atoms with Gasteiger partial charge in [-0.1, -0.05) is 23.7 Å². The van der Waals surface area contributed by atoms with E-state index in [1.807, 2.05) is 37.3 Å². The quantitative estimate of drug-likeness (QED) is 0.518. The highest BCUT2D eigenvalue weighted by Gasteiger charge is 2.45. The lowest BCUT2D eigenvalue weighted by Gasteiger charge is -2.41. The SMILES string of the molecule is CCOc1ccc(Cc2cc([C@H]3O[C@@H](CO)[C@H](O)[C@@H](O)[C@@H]3O)c3c(c2Cl)CCCO3)cc1. The first-order valence-electron chi connectivity index (χ1n) is 10.9. The predicted molar refractivity (Wildman–Crippen MR) is 118 cm³/mol. The number of aliphatic hydroxyl groups is 4. The van der Waals surface area contributed by atoms with Crippen LogP contribution in [-0.2, 0) is 17.6 Å². The van der Waals surface area contributed by atoms with E-state index in [4.69, 9.17) is 25.8 Å². The summed E-state index contributed by atoms with van der Waals surface area (Å²) in [7, 11) is 0. The Labute approximate surface area is 192 Å². The fourth-order valence-electron chi connectivity index (χ4n) is 4.39. The van der Waals surface area contributed by atoms with Gasteiger partial charge in [0.15, 0.2) is 0 Å². The summed E-state index contributed by atoms with van der Waals surface area (Å²) in [5.41, 5.74) is 3.27. The predicted octanol–water partition coefficient (Wildman–Crippen LogP) is 2.17. The van der Waals surface area contributed by atoms with Crippen molar-refractivity contribution in [3.63, 3.8) is 0 Å². The second-order valence-electron chi connectivity index (χ2n) is 8.20. The summed E-state index contributed by atoms with van der Waals surface area (Å²) in [6.07, 6.45) is -4.17. The Hall–Kier alpha value is -1.87. The Morgan fingerprint density at radius 1 is 1.09 bits per heavy atom. The first-order valence-corrected chi connectivity index (χ1v) is 11.3. The van der Waals surface area contributed by atoms with Gasteiger partial charge >= 0.3 is 0 Å². The molecule has 1 fully saturated rings. The zero-order valence-electron chi connectivity index (χ0n) is 17.9. The van der Waals surface area contributed by atoms with Crippen molar-refractivity contribution in [3.05, 3.63) is 57.6 Å². The van der Waals surface area contributed by atoms with Crippen LogP contribution in [0.25, 0.3) is 0 Å². The maximum absolute atomic E-state index is 10.7. The molecule has 0 bridgehead atoms. The maximum atomic E-state index is 10.7. The summed E-state index contributed by atoms with van der Waals surface area (Å²) in [6.45, 7) is 2.55. The molecule has 0 unspecified atom stereocenters. The fourth-order valence-corrected chi connectivity index (χ4v) is 4.69. The van der Waals surface area contributed by atoms with E-state index < -0.39 is 37.1 Å². The van der Waals surface area contributed by atoms with Crippen molar-refractivity contribution in [3.8, 4) is 11.5 Å². The number of halogens is 1. The summed E-state index contributed by atoms with van der Waals surface area (Å²) in [4.78, 5) is 0. The standard InChI is InChI=1S/C24H29ClO7/c1-2-30-15-7-5-13(6-8-15)10-14-11-17(23-16(19(14)25)4-3-9-31-23)24-22(29)21(28)20(27)18(12-26)32-24/h5-8,11,18,20-22,24,26-29H,2-4,9-10,12H2,1H3/t18-,20-,21+,22-,24+/m0/s1. The van der Waals surface area contributed by atoms with Crippen LogP contribution in [-0.4, -0.2) is 64.7 Å². The number of benzene rings is 2. The summed E-state index contributed by atoms with van der Waals surface area (Å²) in [5.74, 6) is 1.34. The van der Waals surface area contributed by atoms with Gasteiger partial charge in [-0.05, 0) is 55.5 Å². The van der Waals surface area contributed by atoms with Gasteiger partial charge in [-0.15, -0.1) is 0 Å². The van der Waals surface area contributed by atoms with Crippen LogP contribution >= 0.6 is 11.6 Å². The number of fused-ring (bicyclic) bond motifs is 1. The van der Waals surface area contributed by atoms with Crippen LogP contribution in [0, 0.1) is 0 Å². The van der Waals surface area contributed by atoms with Gasteiger partial charge in [0.25, 0.3) is 0 Å². The Morgan fingerprint density at radius 2 is 1.84 bits per heavy atom. The van der Waals surface area contributed by atoms with Crippen LogP contribution in [0.4, 0.5) is 0 Å². The van der Waals surface area contributed by atoms with Gasteiger partial charge in [-0.3, -0.25) is 0 Å². The van der Waals surface area contributed by atoms with E-state index >= 15 is 0 Å². The van der Waals surface area contributed by atoms with E-state index in [1.165, 1.54) is 0 Å². The minimum absolute atomic E-state index is 0.489. The Bertz CT molecular complexity index is 931. The van der Waals surface area contributed by atoms with Crippen LogP contribution in [0.1, 0.15) is 41.7 Å². The van der Waals surface area contributed by atoms with Crippen molar-refractivity contribution in [2.45, 2.75) is 56.7 Å². The summed E-state index contributed by atoms with van der Waals surface area (Å²) < 4.78 is 17.2. The number of hydrogen-bond donors (Lipinski definition) is 4. The molecule has 2 aliphatic rings. The molecule has 0 amide bonds. The molecule has 8 heteroatoms. The molecule has 0 aliphatic carbocycles. The molecule has 0 saturated carbocycles. The summed E-state index contributed by atoms with van der Waals surface area (Å²) in [6, 6.07) is 9.60. The number of aliphatic hydroxyl groups excluding tert-OH is 4. The smallest absolute Gasteiger partial charge is 0.129 e. The van der Waals surface area contributed by atoms with E-state index in [0.29, 0.717) is 36.0 Å². The van der Waals surface area contributed by atoms with Gasteiger partial charge < -0.3 is 34.6 Å². The maximum Gasteiger partial charge on any atom is 0.129 e. The molecule has 2 aromatic carbocycles. The van der Waals surface area contributed by atoms with Gasteiger partial charge in [-0.25, -0.2) is 0 Å². The minimum Gasteiger partial charge on any atom is -0.494 e. The summed E-state index contributed by atoms with van der Waals surface area (Å²) >= 11 is 6.78. The molecule has 32 heavy (non-hydrogen) atoms. The second-order valence-corrected chi connectivity index (χ2v) is 8.58. The molecule has 0 aromatic heterocycles. The largest absolute Gasteiger partial charge is 0.494 e.